The molecule has 0 aromatic carbocycles. The summed E-state index contributed by atoms with van der Waals surface area (Å²) < 4.78 is 1.70. The second-order valence-corrected chi connectivity index (χ2v) is 3.14. The molecule has 6 heteroatoms. The first-order valence-electron chi connectivity index (χ1n) is 4.27. The Kier molecular flexibility index (Phi) is 3.11. The maximum atomic E-state index is 9.71. The molecular formula is C8H13N5O. The standard InChI is InChI=1S/C8H13N5O/c1-5-8(6(2)13(3)11-5)7(14)4-10-12-9/h7,14H,4H2,1-3H3. The van der Waals surface area contributed by atoms with Crippen molar-refractivity contribution in [2.75, 3.05) is 6.54 Å². The zero-order chi connectivity index (χ0) is 10.7. The van der Waals surface area contributed by atoms with E-state index in [-0.39, 0.29) is 6.54 Å². The van der Waals surface area contributed by atoms with Crippen LogP contribution < -0.4 is 0 Å². The molecule has 0 aliphatic carbocycles. The summed E-state index contributed by atoms with van der Waals surface area (Å²) in [5.74, 6) is 0. The number of hydrogen-bond donors (Lipinski definition) is 1. The van der Waals surface area contributed by atoms with E-state index in [0.717, 1.165) is 17.0 Å². The summed E-state index contributed by atoms with van der Waals surface area (Å²) in [6.07, 6.45) is -0.764. The summed E-state index contributed by atoms with van der Waals surface area (Å²) >= 11 is 0. The van der Waals surface area contributed by atoms with Gasteiger partial charge in [-0.25, -0.2) is 0 Å². The van der Waals surface area contributed by atoms with Crippen molar-refractivity contribution < 1.29 is 5.11 Å². The molecule has 1 aromatic heterocycles. The number of aliphatic hydroxyl groups excluding tert-OH is 1. The van der Waals surface area contributed by atoms with Gasteiger partial charge in [-0.1, -0.05) is 5.11 Å². The van der Waals surface area contributed by atoms with Crippen molar-refractivity contribution in [3.05, 3.63) is 27.4 Å². The van der Waals surface area contributed by atoms with Crippen LogP contribution in [0.4, 0.5) is 0 Å². The SMILES string of the molecule is Cc1nn(C)c(C)c1C(O)CN=[N+]=[N-]. The van der Waals surface area contributed by atoms with Crippen molar-refractivity contribution in [1.82, 2.24) is 9.78 Å². The minimum absolute atomic E-state index is 0.0455. The van der Waals surface area contributed by atoms with Crippen LogP contribution in [0.1, 0.15) is 23.1 Å². The fourth-order valence-electron chi connectivity index (χ4n) is 1.48. The smallest absolute Gasteiger partial charge is 0.0882 e. The van der Waals surface area contributed by atoms with Crippen molar-refractivity contribution in [3.63, 3.8) is 0 Å². The normalized spacial score (nSPS) is 12.3. The highest BCUT2D eigenvalue weighted by Crippen LogP contribution is 2.20. The van der Waals surface area contributed by atoms with Gasteiger partial charge in [0.2, 0.25) is 0 Å². The van der Waals surface area contributed by atoms with Crippen LogP contribution in [0, 0.1) is 13.8 Å². The maximum absolute atomic E-state index is 9.71. The Hall–Kier alpha value is -1.52. The molecule has 1 aromatic rings. The first-order chi connectivity index (χ1) is 6.57. The lowest BCUT2D eigenvalue weighted by molar-refractivity contribution is 0.185. The topological polar surface area (TPSA) is 86.8 Å². The maximum Gasteiger partial charge on any atom is 0.0882 e. The number of azide groups is 1. The third-order valence-corrected chi connectivity index (χ3v) is 2.22. The molecule has 0 saturated heterocycles. The fraction of sp³-hybridized carbons (Fsp3) is 0.625. The molecule has 0 bridgehead atoms. The second-order valence-electron chi connectivity index (χ2n) is 3.14. The van der Waals surface area contributed by atoms with Gasteiger partial charge in [0.05, 0.1) is 18.3 Å². The van der Waals surface area contributed by atoms with Crippen molar-refractivity contribution >= 4 is 0 Å². The van der Waals surface area contributed by atoms with E-state index in [1.54, 1.807) is 4.68 Å². The van der Waals surface area contributed by atoms with Crippen LogP contribution in [0.15, 0.2) is 5.11 Å². The average Bonchev–Trinajstić information content (AvgIpc) is 2.38. The van der Waals surface area contributed by atoms with E-state index in [9.17, 15) is 5.11 Å². The van der Waals surface area contributed by atoms with Gasteiger partial charge in [-0.15, -0.1) is 0 Å². The monoisotopic (exact) mass is 195 g/mol. The van der Waals surface area contributed by atoms with Gasteiger partial charge >= 0.3 is 0 Å². The van der Waals surface area contributed by atoms with E-state index in [1.165, 1.54) is 0 Å². The highest BCUT2D eigenvalue weighted by molar-refractivity contribution is 5.27. The molecule has 76 valence electrons. The zero-order valence-electron chi connectivity index (χ0n) is 8.47. The van der Waals surface area contributed by atoms with Crippen molar-refractivity contribution in [2.24, 2.45) is 12.2 Å². The Morgan fingerprint density at radius 2 is 2.29 bits per heavy atom. The summed E-state index contributed by atoms with van der Waals surface area (Å²) in [5.41, 5.74) is 10.5. The highest BCUT2D eigenvalue weighted by atomic mass is 16.3. The molecule has 0 amide bonds. The predicted molar refractivity (Wildman–Crippen MR) is 51.7 cm³/mol. The number of nitrogens with zero attached hydrogens (tertiary/aromatic N) is 5. The van der Waals surface area contributed by atoms with Crippen LogP contribution in [0.3, 0.4) is 0 Å². The van der Waals surface area contributed by atoms with Gasteiger partial charge in [-0.2, -0.15) is 5.10 Å². The van der Waals surface area contributed by atoms with Gasteiger partial charge in [-0.3, -0.25) is 4.68 Å². The highest BCUT2D eigenvalue weighted by Gasteiger charge is 2.16. The van der Waals surface area contributed by atoms with E-state index < -0.39 is 6.10 Å². The molecular weight excluding hydrogens is 182 g/mol. The molecule has 0 aliphatic heterocycles. The Morgan fingerprint density at radius 3 is 2.71 bits per heavy atom. The fourth-order valence-corrected chi connectivity index (χ4v) is 1.48. The first-order valence-corrected chi connectivity index (χ1v) is 4.27. The predicted octanol–water partition coefficient (Wildman–Crippen LogP) is 1.38. The largest absolute Gasteiger partial charge is 0.388 e. The van der Waals surface area contributed by atoms with Gasteiger partial charge in [0.25, 0.3) is 0 Å². The Balaban J connectivity index is 2.99. The molecule has 0 aliphatic rings. The summed E-state index contributed by atoms with van der Waals surface area (Å²) in [5, 5.41) is 17.2. The Bertz CT molecular complexity index is 377. The van der Waals surface area contributed by atoms with Gasteiger partial charge < -0.3 is 5.11 Å². The number of hydrogen-bond acceptors (Lipinski definition) is 3. The molecule has 6 nitrogen and oxygen atoms in total. The van der Waals surface area contributed by atoms with E-state index >= 15 is 0 Å². The minimum Gasteiger partial charge on any atom is -0.388 e. The molecule has 0 spiro atoms. The average molecular weight is 195 g/mol. The minimum atomic E-state index is -0.764. The van der Waals surface area contributed by atoms with Gasteiger partial charge in [0.1, 0.15) is 0 Å². The molecule has 0 saturated carbocycles. The lowest BCUT2D eigenvalue weighted by Gasteiger charge is -2.07. The molecule has 1 atom stereocenters. The van der Waals surface area contributed by atoms with Crippen LogP contribution >= 0.6 is 0 Å². The van der Waals surface area contributed by atoms with Gasteiger partial charge in [0, 0.05) is 23.2 Å². The second kappa shape index (κ2) is 4.13. The zero-order valence-corrected chi connectivity index (χ0v) is 8.47. The van der Waals surface area contributed by atoms with Crippen molar-refractivity contribution in [1.29, 1.82) is 0 Å². The number of aliphatic hydroxyl groups is 1. The summed E-state index contributed by atoms with van der Waals surface area (Å²) in [4.78, 5) is 2.61. The van der Waals surface area contributed by atoms with Gasteiger partial charge in [-0.05, 0) is 19.4 Å². The molecule has 1 N–H and O–H groups in total. The van der Waals surface area contributed by atoms with E-state index in [1.807, 2.05) is 20.9 Å². The Morgan fingerprint density at radius 1 is 1.64 bits per heavy atom. The summed E-state index contributed by atoms with van der Waals surface area (Å²) in [6, 6.07) is 0. The van der Waals surface area contributed by atoms with Gasteiger partial charge in [0.15, 0.2) is 0 Å². The molecule has 1 unspecified atom stereocenters. The van der Waals surface area contributed by atoms with Crippen molar-refractivity contribution in [2.45, 2.75) is 20.0 Å². The number of rotatable bonds is 3. The third-order valence-electron chi connectivity index (χ3n) is 2.22. The summed E-state index contributed by atoms with van der Waals surface area (Å²) in [7, 11) is 1.81. The van der Waals surface area contributed by atoms with Crippen LogP contribution in [0.25, 0.3) is 10.4 Å². The molecule has 0 fully saturated rings. The van der Waals surface area contributed by atoms with Crippen LogP contribution in [0.2, 0.25) is 0 Å². The summed E-state index contributed by atoms with van der Waals surface area (Å²) in [6.45, 7) is 3.74. The van der Waals surface area contributed by atoms with E-state index in [4.69, 9.17) is 5.53 Å². The Labute approximate surface area is 81.8 Å². The number of aryl methyl sites for hydroxylation is 2. The van der Waals surface area contributed by atoms with E-state index in [2.05, 4.69) is 15.1 Å². The third kappa shape index (κ3) is 1.86. The van der Waals surface area contributed by atoms with Crippen LogP contribution in [-0.2, 0) is 7.05 Å². The first kappa shape index (κ1) is 10.6. The van der Waals surface area contributed by atoms with Crippen molar-refractivity contribution in [3.8, 4) is 0 Å². The number of aromatic nitrogens is 2. The van der Waals surface area contributed by atoms with Crippen LogP contribution in [-0.4, -0.2) is 21.4 Å². The lowest BCUT2D eigenvalue weighted by atomic mass is 10.1. The quantitative estimate of drug-likeness (QED) is 0.448. The molecule has 1 heterocycles. The van der Waals surface area contributed by atoms with Crippen LogP contribution in [0.5, 0.6) is 0 Å². The molecule has 14 heavy (non-hydrogen) atoms. The molecule has 1 rings (SSSR count). The lowest BCUT2D eigenvalue weighted by Crippen LogP contribution is -2.04. The van der Waals surface area contributed by atoms with E-state index in [0.29, 0.717) is 0 Å². The molecule has 0 radical (unpaired) electrons.